The third-order valence-corrected chi connectivity index (χ3v) is 3.42. The van der Waals surface area contributed by atoms with Crippen molar-refractivity contribution in [2.24, 2.45) is 5.92 Å². The van der Waals surface area contributed by atoms with Crippen LogP contribution in [0.5, 0.6) is 0 Å². The number of nitrogens with one attached hydrogen (secondary N) is 1. The van der Waals surface area contributed by atoms with Gasteiger partial charge in [0, 0.05) is 6.07 Å². The minimum Gasteiger partial charge on any atom is -0.467 e. The van der Waals surface area contributed by atoms with E-state index in [1.54, 1.807) is 6.92 Å². The van der Waals surface area contributed by atoms with Gasteiger partial charge in [0.2, 0.25) is 0 Å². The predicted molar refractivity (Wildman–Crippen MR) is 80.0 cm³/mol. The second-order valence-electron chi connectivity index (χ2n) is 5.19. The Morgan fingerprint density at radius 2 is 1.75 bits per heavy atom. The van der Waals surface area contributed by atoms with Gasteiger partial charge in [0.15, 0.2) is 6.61 Å². The summed E-state index contributed by atoms with van der Waals surface area (Å²) in [5.41, 5.74) is -0.355. The Bertz CT molecular complexity index is 600. The molecule has 0 spiro atoms. The third kappa shape index (κ3) is 5.60. The lowest BCUT2D eigenvalue weighted by Crippen LogP contribution is -2.47. The van der Waals surface area contributed by atoms with Gasteiger partial charge in [-0.25, -0.2) is 18.4 Å². The minimum atomic E-state index is -1.05. The molecule has 1 rings (SSSR count). The maximum Gasteiger partial charge on any atom is 0.338 e. The van der Waals surface area contributed by atoms with E-state index < -0.39 is 42.1 Å². The Kier molecular flexibility index (Phi) is 7.29. The molecule has 1 N–H and O–H groups in total. The molecule has 0 heterocycles. The first kappa shape index (κ1) is 19.5. The molecule has 0 saturated carbocycles. The summed E-state index contributed by atoms with van der Waals surface area (Å²) in [6.07, 6.45) is 0.613. The van der Waals surface area contributed by atoms with Crippen molar-refractivity contribution in [3.63, 3.8) is 0 Å². The van der Waals surface area contributed by atoms with E-state index in [2.05, 4.69) is 10.1 Å². The molecule has 1 aromatic carbocycles. The normalized spacial score (nSPS) is 12.9. The van der Waals surface area contributed by atoms with Gasteiger partial charge in [-0.15, -0.1) is 0 Å². The highest BCUT2D eigenvalue weighted by Gasteiger charge is 2.27. The quantitative estimate of drug-likeness (QED) is 0.764. The number of esters is 2. The molecule has 1 amide bonds. The van der Waals surface area contributed by atoms with Crippen molar-refractivity contribution in [1.29, 1.82) is 0 Å². The number of carbonyl (C=O) groups is 3. The van der Waals surface area contributed by atoms with Crippen molar-refractivity contribution >= 4 is 17.8 Å². The van der Waals surface area contributed by atoms with Gasteiger partial charge < -0.3 is 14.8 Å². The molecule has 0 unspecified atom stereocenters. The molecule has 0 saturated heterocycles. The van der Waals surface area contributed by atoms with Crippen LogP contribution in [-0.2, 0) is 19.1 Å². The highest BCUT2D eigenvalue weighted by molar-refractivity contribution is 5.92. The van der Waals surface area contributed by atoms with Crippen molar-refractivity contribution in [3.8, 4) is 0 Å². The smallest absolute Gasteiger partial charge is 0.338 e. The first-order chi connectivity index (χ1) is 11.3. The fraction of sp³-hybridized carbons (Fsp3) is 0.438. The number of ether oxygens (including phenoxy) is 2. The molecule has 2 atom stereocenters. The Morgan fingerprint density at radius 1 is 1.17 bits per heavy atom. The summed E-state index contributed by atoms with van der Waals surface area (Å²) in [4.78, 5) is 35.2. The number of carbonyl (C=O) groups excluding carboxylic acids is 3. The molecular formula is C16H19F2NO5. The summed E-state index contributed by atoms with van der Waals surface area (Å²) in [7, 11) is 1.20. The number of rotatable bonds is 7. The molecule has 0 aliphatic carbocycles. The second kappa shape index (κ2) is 8.95. The minimum absolute atomic E-state index is 0.186. The molecule has 8 heteroatoms. The van der Waals surface area contributed by atoms with Gasteiger partial charge in [-0.2, -0.15) is 0 Å². The number of hydrogen-bond acceptors (Lipinski definition) is 5. The highest BCUT2D eigenvalue weighted by Crippen LogP contribution is 2.10. The van der Waals surface area contributed by atoms with E-state index in [1.807, 2.05) is 6.92 Å². The van der Waals surface area contributed by atoms with Crippen LogP contribution in [0.3, 0.4) is 0 Å². The van der Waals surface area contributed by atoms with Crippen LogP contribution in [0.4, 0.5) is 8.78 Å². The maximum atomic E-state index is 13.0. The van der Waals surface area contributed by atoms with E-state index in [4.69, 9.17) is 4.74 Å². The molecule has 6 nitrogen and oxygen atoms in total. The fourth-order valence-electron chi connectivity index (χ4n) is 1.90. The molecule has 132 valence electrons. The molecule has 0 bridgehead atoms. The highest BCUT2D eigenvalue weighted by atomic mass is 19.1. The molecule has 24 heavy (non-hydrogen) atoms. The van der Waals surface area contributed by atoms with Crippen LogP contribution >= 0.6 is 0 Å². The zero-order valence-electron chi connectivity index (χ0n) is 13.6. The van der Waals surface area contributed by atoms with Gasteiger partial charge in [-0.05, 0) is 18.1 Å². The summed E-state index contributed by atoms with van der Waals surface area (Å²) in [6, 6.07) is 1.31. The van der Waals surface area contributed by atoms with E-state index in [0.29, 0.717) is 12.5 Å². The first-order valence-corrected chi connectivity index (χ1v) is 7.28. The average Bonchev–Trinajstić information content (AvgIpc) is 2.55. The van der Waals surface area contributed by atoms with Crippen LogP contribution < -0.4 is 5.32 Å². The summed E-state index contributed by atoms with van der Waals surface area (Å²) in [5.74, 6) is -4.45. The van der Waals surface area contributed by atoms with Crippen molar-refractivity contribution in [2.45, 2.75) is 26.3 Å². The molecule has 0 aliphatic heterocycles. The van der Waals surface area contributed by atoms with Gasteiger partial charge in [0.05, 0.1) is 12.7 Å². The number of halogens is 2. The van der Waals surface area contributed by atoms with Crippen LogP contribution in [0.1, 0.15) is 30.6 Å². The Balaban J connectivity index is 2.64. The molecule has 0 radical (unpaired) electrons. The third-order valence-electron chi connectivity index (χ3n) is 3.42. The SMILES string of the molecule is CC[C@H](C)[C@@H](NC(=O)COC(=O)c1cc(F)cc(F)c1)C(=O)OC. The fourth-order valence-corrected chi connectivity index (χ4v) is 1.90. The Labute approximate surface area is 138 Å². The zero-order chi connectivity index (χ0) is 18.3. The lowest BCUT2D eigenvalue weighted by Gasteiger charge is -2.21. The summed E-state index contributed by atoms with van der Waals surface area (Å²) in [6.45, 7) is 2.90. The van der Waals surface area contributed by atoms with Crippen LogP contribution in [0.2, 0.25) is 0 Å². The van der Waals surface area contributed by atoms with Crippen molar-refractivity contribution in [2.75, 3.05) is 13.7 Å². The van der Waals surface area contributed by atoms with Gasteiger partial charge in [0.1, 0.15) is 17.7 Å². The number of amides is 1. The zero-order valence-corrected chi connectivity index (χ0v) is 13.6. The van der Waals surface area contributed by atoms with E-state index >= 15 is 0 Å². The monoisotopic (exact) mass is 343 g/mol. The standard InChI is InChI=1S/C16H19F2NO5/c1-4-9(2)14(16(22)23-3)19-13(20)8-24-15(21)10-5-11(17)7-12(18)6-10/h5-7,9,14H,4,8H2,1-3H3,(H,19,20)/t9-,14+/m0/s1. The second-order valence-corrected chi connectivity index (χ2v) is 5.19. The van der Waals surface area contributed by atoms with Crippen molar-refractivity contribution in [3.05, 3.63) is 35.4 Å². The Hall–Kier alpha value is -2.51. The average molecular weight is 343 g/mol. The lowest BCUT2D eigenvalue weighted by molar-refractivity contribution is -0.147. The number of benzene rings is 1. The lowest BCUT2D eigenvalue weighted by atomic mass is 9.99. The van der Waals surface area contributed by atoms with Crippen molar-refractivity contribution in [1.82, 2.24) is 5.32 Å². The largest absolute Gasteiger partial charge is 0.467 e. The van der Waals surface area contributed by atoms with Gasteiger partial charge >= 0.3 is 11.9 Å². The molecular weight excluding hydrogens is 324 g/mol. The van der Waals surface area contributed by atoms with Crippen molar-refractivity contribution < 1.29 is 32.6 Å². The van der Waals surface area contributed by atoms with E-state index in [1.165, 1.54) is 7.11 Å². The summed E-state index contributed by atoms with van der Waals surface area (Å²) < 4.78 is 35.4. The maximum absolute atomic E-state index is 13.0. The molecule has 1 aromatic rings. The molecule has 0 aliphatic rings. The Morgan fingerprint density at radius 3 is 2.25 bits per heavy atom. The molecule has 0 fully saturated rings. The molecule has 0 aromatic heterocycles. The van der Waals surface area contributed by atoms with Crippen LogP contribution in [0, 0.1) is 17.6 Å². The van der Waals surface area contributed by atoms with E-state index in [0.717, 1.165) is 12.1 Å². The van der Waals surface area contributed by atoms with Gasteiger partial charge in [-0.1, -0.05) is 20.3 Å². The van der Waals surface area contributed by atoms with Crippen LogP contribution in [0.25, 0.3) is 0 Å². The number of hydrogen-bond donors (Lipinski definition) is 1. The predicted octanol–water partition coefficient (Wildman–Crippen LogP) is 1.83. The first-order valence-electron chi connectivity index (χ1n) is 7.28. The van der Waals surface area contributed by atoms with Gasteiger partial charge in [-0.3, -0.25) is 4.79 Å². The van der Waals surface area contributed by atoms with Crippen LogP contribution in [-0.4, -0.2) is 37.6 Å². The van der Waals surface area contributed by atoms with Gasteiger partial charge in [0.25, 0.3) is 5.91 Å². The van der Waals surface area contributed by atoms with E-state index in [9.17, 15) is 23.2 Å². The summed E-state index contributed by atoms with van der Waals surface area (Å²) in [5, 5.41) is 2.41. The topological polar surface area (TPSA) is 81.7 Å². The van der Waals surface area contributed by atoms with E-state index in [-0.39, 0.29) is 11.5 Å². The van der Waals surface area contributed by atoms with Crippen LogP contribution in [0.15, 0.2) is 18.2 Å². The number of methoxy groups -OCH3 is 1. The summed E-state index contributed by atoms with van der Waals surface area (Å²) >= 11 is 0.